The standard InChI is InChI=1S/C38H32ClF7N8O2S/c39-19-11-18(31(48)50-13-19)14-54-9-10-55-29-25-28(27(41)24(26(29)38(44,45)46)20-1-2-22(40)30-23(20)21(12-47)32(49)57-30)51-34(52-33(25)54)56-17-35(3-4-35)16-53-7-5-36(6-8-53)15-37(36,42)43/h1-2,11,13H,3-10,14-17,49H2,(H2,48,50). The molecule has 3 fully saturated rings. The topological polar surface area (TPSA) is 139 Å². The maximum Gasteiger partial charge on any atom is 0.420 e. The number of thiophene rings is 1. The Morgan fingerprint density at radius 1 is 1.05 bits per heavy atom. The molecule has 4 aliphatic rings. The molecule has 0 radical (unpaired) electrons. The molecule has 57 heavy (non-hydrogen) atoms. The molecule has 2 aliphatic heterocycles. The number of anilines is 3. The van der Waals surface area contributed by atoms with Gasteiger partial charge in [0.05, 0.1) is 33.8 Å². The fraction of sp³-hybridized carbons (Fsp3) is 0.421. The molecule has 0 amide bonds. The van der Waals surface area contributed by atoms with Gasteiger partial charge in [0, 0.05) is 53.1 Å². The molecule has 1 saturated heterocycles. The number of nitriles is 1. The van der Waals surface area contributed by atoms with E-state index >= 15 is 22.0 Å². The van der Waals surface area contributed by atoms with Crippen molar-refractivity contribution in [2.75, 3.05) is 55.8 Å². The number of aromatic nitrogens is 3. The molecule has 0 unspecified atom stereocenters. The number of fused-ring (bicyclic) bond motifs is 1. The highest BCUT2D eigenvalue weighted by Gasteiger charge is 2.70. The lowest BCUT2D eigenvalue weighted by Crippen LogP contribution is -2.41. The fourth-order valence-electron chi connectivity index (χ4n) is 8.35. The van der Waals surface area contributed by atoms with Crippen LogP contribution in [-0.2, 0) is 12.7 Å². The van der Waals surface area contributed by atoms with E-state index in [9.17, 15) is 14.0 Å². The number of nitrogens with zero attached hydrogens (tertiary/aromatic N) is 6. The number of nitrogen functional groups attached to an aromatic ring is 2. The molecule has 2 saturated carbocycles. The minimum atomic E-state index is -5.25. The van der Waals surface area contributed by atoms with E-state index < -0.39 is 62.5 Å². The largest absolute Gasteiger partial charge is 0.490 e. The average molecular weight is 833 g/mol. The summed E-state index contributed by atoms with van der Waals surface area (Å²) in [5.41, 5.74) is 7.45. The quantitative estimate of drug-likeness (QED) is 0.146. The number of likely N-dealkylation sites (tertiary alicyclic amines) is 1. The van der Waals surface area contributed by atoms with Crippen molar-refractivity contribution in [1.82, 2.24) is 19.9 Å². The number of hydrogen-bond acceptors (Lipinski definition) is 11. The highest BCUT2D eigenvalue weighted by Crippen LogP contribution is 2.66. The Bertz CT molecular complexity index is 2530. The third-order valence-electron chi connectivity index (χ3n) is 11.8. The summed E-state index contributed by atoms with van der Waals surface area (Å²) in [5, 5.41) is 9.35. The summed E-state index contributed by atoms with van der Waals surface area (Å²) < 4.78 is 119. The summed E-state index contributed by atoms with van der Waals surface area (Å²) in [7, 11) is 0. The summed E-state index contributed by atoms with van der Waals surface area (Å²) in [4.78, 5) is 16.7. The predicted molar refractivity (Wildman–Crippen MR) is 199 cm³/mol. The van der Waals surface area contributed by atoms with Crippen molar-refractivity contribution in [3.05, 3.63) is 57.7 Å². The molecule has 5 heterocycles. The Balaban J connectivity index is 1.18. The number of halogens is 8. The summed E-state index contributed by atoms with van der Waals surface area (Å²) in [5.74, 6) is -5.73. The summed E-state index contributed by atoms with van der Waals surface area (Å²) in [6, 6.07) is 4.89. The number of rotatable bonds is 8. The highest BCUT2D eigenvalue weighted by atomic mass is 35.5. The van der Waals surface area contributed by atoms with Crippen molar-refractivity contribution in [2.45, 2.75) is 50.7 Å². The van der Waals surface area contributed by atoms with Crippen LogP contribution in [0.15, 0.2) is 24.4 Å². The van der Waals surface area contributed by atoms with Crippen molar-refractivity contribution in [1.29, 1.82) is 5.26 Å². The maximum atomic E-state index is 17.4. The van der Waals surface area contributed by atoms with E-state index in [1.807, 2.05) is 6.07 Å². The minimum absolute atomic E-state index is 0.0552. The molecule has 19 heteroatoms. The van der Waals surface area contributed by atoms with Crippen LogP contribution in [0.2, 0.25) is 5.02 Å². The summed E-state index contributed by atoms with van der Waals surface area (Å²) in [6.45, 7) is 1.21. The van der Waals surface area contributed by atoms with Gasteiger partial charge in [-0.25, -0.2) is 22.5 Å². The van der Waals surface area contributed by atoms with Gasteiger partial charge < -0.3 is 30.7 Å². The third-order valence-corrected chi connectivity index (χ3v) is 13.0. The molecule has 10 nitrogen and oxygen atoms in total. The first-order chi connectivity index (χ1) is 27.0. The second-order valence-electron chi connectivity index (χ2n) is 15.4. The Morgan fingerprint density at radius 3 is 2.46 bits per heavy atom. The average Bonchev–Trinajstić information content (AvgIpc) is 4.01. The number of nitrogens with two attached hydrogens (primary N) is 2. The molecule has 0 atom stereocenters. The zero-order valence-electron chi connectivity index (χ0n) is 29.9. The van der Waals surface area contributed by atoms with Gasteiger partial charge in [-0.05, 0) is 56.5 Å². The molecular formula is C38H32ClF7N8O2S. The van der Waals surface area contributed by atoms with Gasteiger partial charge in [0.25, 0.3) is 5.92 Å². The lowest BCUT2D eigenvalue weighted by molar-refractivity contribution is -0.138. The van der Waals surface area contributed by atoms with Crippen molar-refractivity contribution >= 4 is 60.6 Å². The number of piperidine rings is 1. The number of alkyl halides is 5. The van der Waals surface area contributed by atoms with E-state index in [0.29, 0.717) is 49.4 Å². The first-order valence-electron chi connectivity index (χ1n) is 18.1. The van der Waals surface area contributed by atoms with Crippen LogP contribution in [0.5, 0.6) is 11.8 Å². The SMILES string of the molecule is N#Cc1c(N)sc2c(F)ccc(-c3c(C(F)(F)F)c4c5c(nc(OCC6(CN7CCC8(CC7)CC8(F)F)CC6)nc5c3F)N(Cc3cc(Cl)cnc3N)CCO4)c12. The number of ether oxygens (including phenoxy) is 2. The molecule has 298 valence electrons. The minimum Gasteiger partial charge on any atom is -0.490 e. The number of benzene rings is 2. The molecule has 1 spiro atoms. The van der Waals surface area contributed by atoms with Gasteiger partial charge in [-0.1, -0.05) is 17.7 Å². The molecular weight excluding hydrogens is 801 g/mol. The zero-order chi connectivity index (χ0) is 40.2. The number of pyridine rings is 1. The van der Waals surface area contributed by atoms with E-state index in [0.717, 1.165) is 25.0 Å². The van der Waals surface area contributed by atoms with Crippen LogP contribution < -0.4 is 25.8 Å². The van der Waals surface area contributed by atoms with Crippen molar-refractivity contribution < 1.29 is 40.2 Å². The second-order valence-corrected chi connectivity index (χ2v) is 16.9. The lowest BCUT2D eigenvalue weighted by Gasteiger charge is -2.34. The van der Waals surface area contributed by atoms with Crippen LogP contribution in [0.25, 0.3) is 32.1 Å². The van der Waals surface area contributed by atoms with Crippen LogP contribution in [0.4, 0.5) is 47.4 Å². The van der Waals surface area contributed by atoms with Gasteiger partial charge >= 0.3 is 12.2 Å². The molecule has 0 bridgehead atoms. The fourth-order valence-corrected chi connectivity index (χ4v) is 9.48. The Hall–Kier alpha value is -4.86. The van der Waals surface area contributed by atoms with Gasteiger partial charge in [-0.3, -0.25) is 0 Å². The first-order valence-corrected chi connectivity index (χ1v) is 19.3. The predicted octanol–water partition coefficient (Wildman–Crippen LogP) is 8.57. The smallest absolute Gasteiger partial charge is 0.420 e. The maximum absolute atomic E-state index is 17.4. The van der Waals surface area contributed by atoms with Crippen molar-refractivity contribution in [2.24, 2.45) is 10.8 Å². The Labute approximate surface area is 329 Å². The Morgan fingerprint density at radius 2 is 1.79 bits per heavy atom. The lowest BCUT2D eigenvalue weighted by atomic mass is 9.91. The molecule has 4 N–H and O–H groups in total. The Kier molecular flexibility index (Phi) is 8.65. The van der Waals surface area contributed by atoms with Gasteiger partial charge in [0.2, 0.25) is 0 Å². The molecule has 2 aliphatic carbocycles. The molecule has 9 rings (SSSR count). The van der Waals surface area contributed by atoms with E-state index in [1.165, 1.54) is 6.20 Å². The van der Waals surface area contributed by atoms with Crippen LogP contribution in [0.1, 0.15) is 48.8 Å². The highest BCUT2D eigenvalue weighted by molar-refractivity contribution is 7.23. The van der Waals surface area contributed by atoms with Crippen LogP contribution in [0.3, 0.4) is 0 Å². The number of hydrogen-bond donors (Lipinski definition) is 2. The first kappa shape index (κ1) is 37.7. The molecule has 3 aromatic heterocycles. The van der Waals surface area contributed by atoms with Crippen LogP contribution in [-0.4, -0.2) is 65.2 Å². The van der Waals surface area contributed by atoms with Crippen LogP contribution >= 0.6 is 22.9 Å². The van der Waals surface area contributed by atoms with E-state index in [2.05, 4.69) is 19.9 Å². The summed E-state index contributed by atoms with van der Waals surface area (Å²) >= 11 is 6.87. The summed E-state index contributed by atoms with van der Waals surface area (Å²) in [6.07, 6.45) is -1.67. The van der Waals surface area contributed by atoms with Gasteiger partial charge in [0.15, 0.2) is 5.82 Å². The third kappa shape index (κ3) is 6.29. The normalized spacial score (nSPS) is 19.4. The van der Waals surface area contributed by atoms with Crippen LogP contribution in [0, 0.1) is 33.8 Å². The van der Waals surface area contributed by atoms with Crippen molar-refractivity contribution in [3.8, 4) is 29.0 Å². The van der Waals surface area contributed by atoms with E-state index in [4.69, 9.17) is 32.5 Å². The van der Waals surface area contributed by atoms with Gasteiger partial charge in [0.1, 0.15) is 52.0 Å². The van der Waals surface area contributed by atoms with Crippen molar-refractivity contribution in [3.63, 3.8) is 0 Å². The monoisotopic (exact) mass is 832 g/mol. The van der Waals surface area contributed by atoms with Gasteiger partial charge in [-0.2, -0.15) is 28.4 Å². The second kappa shape index (κ2) is 13.1. The van der Waals surface area contributed by atoms with Gasteiger partial charge in [-0.15, -0.1) is 11.3 Å². The molecule has 2 aromatic carbocycles. The van der Waals surface area contributed by atoms with E-state index in [-0.39, 0.29) is 81.5 Å². The molecule has 5 aromatic rings. The van der Waals surface area contributed by atoms with E-state index in [1.54, 1.807) is 11.0 Å². The zero-order valence-corrected chi connectivity index (χ0v) is 31.5.